The molecule has 1 heterocycles. The average molecular weight is 317 g/mol. The van der Waals surface area contributed by atoms with Crippen molar-refractivity contribution in [2.24, 2.45) is 0 Å². The zero-order valence-electron chi connectivity index (χ0n) is 12.1. The van der Waals surface area contributed by atoms with Crippen LogP contribution in [0.3, 0.4) is 0 Å². The van der Waals surface area contributed by atoms with Crippen molar-refractivity contribution in [1.82, 2.24) is 10.6 Å². The number of ether oxygens (including phenoxy) is 1. The summed E-state index contributed by atoms with van der Waals surface area (Å²) in [6.45, 7) is 3.26. The Bertz CT molecular complexity index is 453. The summed E-state index contributed by atoms with van der Waals surface area (Å²) in [7, 11) is 0. The summed E-state index contributed by atoms with van der Waals surface area (Å²) in [6.07, 6.45) is 2.50. The summed E-state index contributed by atoms with van der Waals surface area (Å²) >= 11 is 0. The van der Waals surface area contributed by atoms with Crippen LogP contribution in [0.25, 0.3) is 0 Å². The number of carbonyl (C=O) groups excluding carboxylic acids is 1. The number of carbonyl (C=O) groups is 1. The van der Waals surface area contributed by atoms with E-state index in [0.29, 0.717) is 24.8 Å². The first kappa shape index (κ1) is 17.7. The van der Waals surface area contributed by atoms with Crippen molar-refractivity contribution in [1.29, 1.82) is 0 Å². The second-order valence-corrected chi connectivity index (χ2v) is 5.19. The van der Waals surface area contributed by atoms with Gasteiger partial charge in [-0.1, -0.05) is 6.07 Å². The Hall–Kier alpha value is -1.33. The standard InChI is InChI=1S/C15H21FN2O2.ClH/c1-11(20-14-6-2-4-12(16)8-14)10-18-15(19)9-13-5-3-7-17-13;/h2,4,6,8,11,13,17H,3,5,7,9-10H2,1H3,(H,18,19);1H. The highest BCUT2D eigenvalue weighted by atomic mass is 35.5. The van der Waals surface area contributed by atoms with Crippen LogP contribution < -0.4 is 15.4 Å². The molecule has 0 spiro atoms. The molecule has 118 valence electrons. The van der Waals surface area contributed by atoms with Gasteiger partial charge in [0.25, 0.3) is 0 Å². The van der Waals surface area contributed by atoms with E-state index in [-0.39, 0.29) is 30.2 Å². The van der Waals surface area contributed by atoms with Gasteiger partial charge in [0.1, 0.15) is 17.7 Å². The summed E-state index contributed by atoms with van der Waals surface area (Å²) in [6, 6.07) is 6.30. The van der Waals surface area contributed by atoms with Crippen LogP contribution in [-0.2, 0) is 4.79 Å². The summed E-state index contributed by atoms with van der Waals surface area (Å²) in [5.41, 5.74) is 0. The van der Waals surface area contributed by atoms with Gasteiger partial charge < -0.3 is 15.4 Å². The largest absolute Gasteiger partial charge is 0.489 e. The third-order valence-corrected chi connectivity index (χ3v) is 3.31. The van der Waals surface area contributed by atoms with E-state index < -0.39 is 0 Å². The smallest absolute Gasteiger partial charge is 0.221 e. The summed E-state index contributed by atoms with van der Waals surface area (Å²) < 4.78 is 18.5. The molecule has 21 heavy (non-hydrogen) atoms. The van der Waals surface area contributed by atoms with Crippen molar-refractivity contribution in [2.45, 2.75) is 38.3 Å². The van der Waals surface area contributed by atoms with Crippen molar-refractivity contribution in [3.63, 3.8) is 0 Å². The molecule has 6 heteroatoms. The quantitative estimate of drug-likeness (QED) is 0.846. The van der Waals surface area contributed by atoms with E-state index in [9.17, 15) is 9.18 Å². The topological polar surface area (TPSA) is 50.4 Å². The molecule has 1 aromatic carbocycles. The highest BCUT2D eigenvalue weighted by molar-refractivity contribution is 5.85. The van der Waals surface area contributed by atoms with Crippen LogP contribution in [-0.4, -0.2) is 31.1 Å². The molecule has 1 fully saturated rings. The van der Waals surface area contributed by atoms with Crippen molar-refractivity contribution >= 4 is 18.3 Å². The molecule has 2 atom stereocenters. The number of hydrogen-bond acceptors (Lipinski definition) is 3. The third kappa shape index (κ3) is 6.31. The maximum absolute atomic E-state index is 13.0. The van der Waals surface area contributed by atoms with Gasteiger partial charge in [-0.05, 0) is 38.4 Å². The summed E-state index contributed by atoms with van der Waals surface area (Å²) in [5, 5.41) is 6.13. The Kier molecular flexibility index (Phi) is 7.47. The fourth-order valence-electron chi connectivity index (χ4n) is 2.30. The average Bonchev–Trinajstić information content (AvgIpc) is 2.89. The maximum atomic E-state index is 13.0. The molecular formula is C15H22ClFN2O2. The fourth-order valence-corrected chi connectivity index (χ4v) is 2.30. The van der Waals surface area contributed by atoms with Crippen molar-refractivity contribution < 1.29 is 13.9 Å². The number of hydrogen-bond donors (Lipinski definition) is 2. The van der Waals surface area contributed by atoms with E-state index in [4.69, 9.17) is 4.74 Å². The van der Waals surface area contributed by atoms with Crippen molar-refractivity contribution in [3.8, 4) is 5.75 Å². The van der Waals surface area contributed by atoms with E-state index in [1.807, 2.05) is 6.92 Å². The number of amides is 1. The lowest BCUT2D eigenvalue weighted by atomic mass is 10.1. The maximum Gasteiger partial charge on any atom is 0.221 e. The van der Waals surface area contributed by atoms with Crippen LogP contribution in [0.1, 0.15) is 26.2 Å². The van der Waals surface area contributed by atoms with Gasteiger partial charge in [-0.25, -0.2) is 4.39 Å². The minimum atomic E-state index is -0.328. The number of rotatable bonds is 6. The molecule has 2 N–H and O–H groups in total. The molecular weight excluding hydrogens is 295 g/mol. The van der Waals surface area contributed by atoms with E-state index in [0.717, 1.165) is 19.4 Å². The lowest BCUT2D eigenvalue weighted by Crippen LogP contribution is -2.37. The Balaban J connectivity index is 0.00000220. The van der Waals surface area contributed by atoms with Gasteiger partial charge in [-0.2, -0.15) is 0 Å². The van der Waals surface area contributed by atoms with Gasteiger partial charge in [-0.15, -0.1) is 12.4 Å². The molecule has 1 aliphatic heterocycles. The number of halogens is 2. The normalized spacial score (nSPS) is 18.7. The Morgan fingerprint density at radius 3 is 3.05 bits per heavy atom. The fraction of sp³-hybridized carbons (Fsp3) is 0.533. The van der Waals surface area contributed by atoms with E-state index in [1.165, 1.54) is 12.1 Å². The molecule has 0 saturated carbocycles. The van der Waals surface area contributed by atoms with Gasteiger partial charge in [0.15, 0.2) is 0 Å². The lowest BCUT2D eigenvalue weighted by molar-refractivity contribution is -0.121. The van der Waals surface area contributed by atoms with Gasteiger partial charge in [0.2, 0.25) is 5.91 Å². The first-order chi connectivity index (χ1) is 9.63. The highest BCUT2D eigenvalue weighted by Gasteiger charge is 2.17. The first-order valence-corrected chi connectivity index (χ1v) is 7.06. The molecule has 0 aromatic heterocycles. The Morgan fingerprint density at radius 1 is 1.57 bits per heavy atom. The summed E-state index contributed by atoms with van der Waals surface area (Å²) in [4.78, 5) is 11.7. The minimum absolute atomic E-state index is 0. The molecule has 1 amide bonds. The zero-order valence-corrected chi connectivity index (χ0v) is 12.9. The lowest BCUT2D eigenvalue weighted by Gasteiger charge is -2.16. The number of benzene rings is 1. The molecule has 2 rings (SSSR count). The predicted molar refractivity (Wildman–Crippen MR) is 82.4 cm³/mol. The molecule has 4 nitrogen and oxygen atoms in total. The van der Waals surface area contributed by atoms with Gasteiger partial charge >= 0.3 is 0 Å². The SMILES string of the molecule is CC(CNC(=O)CC1CCCN1)Oc1cccc(F)c1.Cl. The Morgan fingerprint density at radius 2 is 2.38 bits per heavy atom. The molecule has 1 aromatic rings. The van der Waals surface area contributed by atoms with Gasteiger partial charge in [-0.3, -0.25) is 4.79 Å². The highest BCUT2D eigenvalue weighted by Crippen LogP contribution is 2.13. The van der Waals surface area contributed by atoms with Crippen LogP contribution in [0.2, 0.25) is 0 Å². The molecule has 1 aliphatic rings. The van der Waals surface area contributed by atoms with Crippen LogP contribution in [0, 0.1) is 5.82 Å². The van der Waals surface area contributed by atoms with Crippen LogP contribution in [0.5, 0.6) is 5.75 Å². The zero-order chi connectivity index (χ0) is 14.4. The molecule has 1 saturated heterocycles. The van der Waals surface area contributed by atoms with Crippen molar-refractivity contribution in [3.05, 3.63) is 30.1 Å². The molecule has 0 radical (unpaired) electrons. The van der Waals surface area contributed by atoms with E-state index in [2.05, 4.69) is 10.6 Å². The Labute approximate surface area is 130 Å². The number of nitrogens with one attached hydrogen (secondary N) is 2. The minimum Gasteiger partial charge on any atom is -0.489 e. The summed E-state index contributed by atoms with van der Waals surface area (Å²) in [5.74, 6) is 0.175. The van der Waals surface area contributed by atoms with Gasteiger partial charge in [0, 0.05) is 18.5 Å². The van der Waals surface area contributed by atoms with E-state index in [1.54, 1.807) is 12.1 Å². The predicted octanol–water partition coefficient (Wildman–Crippen LogP) is 2.27. The van der Waals surface area contributed by atoms with Gasteiger partial charge in [0.05, 0.1) is 6.54 Å². The molecule has 0 bridgehead atoms. The van der Waals surface area contributed by atoms with Crippen LogP contribution >= 0.6 is 12.4 Å². The third-order valence-electron chi connectivity index (χ3n) is 3.31. The van der Waals surface area contributed by atoms with E-state index >= 15 is 0 Å². The first-order valence-electron chi connectivity index (χ1n) is 7.06. The molecule has 2 unspecified atom stereocenters. The van der Waals surface area contributed by atoms with Crippen LogP contribution in [0.15, 0.2) is 24.3 Å². The van der Waals surface area contributed by atoms with Crippen LogP contribution in [0.4, 0.5) is 4.39 Å². The van der Waals surface area contributed by atoms with Crippen molar-refractivity contribution in [2.75, 3.05) is 13.1 Å². The monoisotopic (exact) mass is 316 g/mol. The second-order valence-electron chi connectivity index (χ2n) is 5.19. The second kappa shape index (κ2) is 8.85. The molecule has 0 aliphatic carbocycles.